The van der Waals surface area contributed by atoms with E-state index < -0.39 is 11.7 Å². The molecular formula is C27H28ClFN4O4. The summed E-state index contributed by atoms with van der Waals surface area (Å²) < 4.78 is 27.5. The molecule has 1 atom stereocenters. The molecule has 1 aromatic heterocycles. The van der Waals surface area contributed by atoms with Crippen LogP contribution in [-0.2, 0) is 29.7 Å². The number of amides is 2. The molecule has 2 aliphatic rings. The van der Waals surface area contributed by atoms with Crippen LogP contribution < -0.4 is 10.1 Å². The van der Waals surface area contributed by atoms with Crippen LogP contribution in [0.1, 0.15) is 34.5 Å². The smallest absolute Gasteiger partial charge is 0.275 e. The van der Waals surface area contributed by atoms with Gasteiger partial charge in [0.15, 0.2) is 5.69 Å². The number of aryl methyl sites for hydroxylation is 1. The molecule has 2 amide bonds. The van der Waals surface area contributed by atoms with Crippen LogP contribution in [0.25, 0.3) is 11.3 Å². The van der Waals surface area contributed by atoms with E-state index in [1.54, 1.807) is 48.1 Å². The van der Waals surface area contributed by atoms with Crippen LogP contribution in [0.3, 0.4) is 0 Å². The second-order valence-corrected chi connectivity index (χ2v) is 9.80. The topological polar surface area (TPSA) is 85.7 Å². The van der Waals surface area contributed by atoms with Gasteiger partial charge in [0.1, 0.15) is 24.7 Å². The quantitative estimate of drug-likeness (QED) is 0.504. The summed E-state index contributed by atoms with van der Waals surface area (Å²) in [6.45, 7) is 1.62. The SMILES string of the molecule is Cn1nc(C(=O)N(CC(=O)NCC2CCCOC2)Cc2ccccc2F)c2c1-c1cc(Cl)ccc1OC2. The molecule has 5 rings (SSSR count). The fourth-order valence-corrected chi connectivity index (χ4v) is 4.99. The second-order valence-electron chi connectivity index (χ2n) is 9.37. The van der Waals surface area contributed by atoms with Crippen molar-refractivity contribution in [2.45, 2.75) is 26.0 Å². The Morgan fingerprint density at radius 2 is 2.11 bits per heavy atom. The number of benzene rings is 2. The van der Waals surface area contributed by atoms with Crippen LogP contribution in [0.5, 0.6) is 5.75 Å². The van der Waals surface area contributed by atoms with Gasteiger partial charge in [-0.15, -0.1) is 0 Å². The van der Waals surface area contributed by atoms with Crippen LogP contribution in [0.15, 0.2) is 42.5 Å². The molecule has 0 aliphatic carbocycles. The fourth-order valence-electron chi connectivity index (χ4n) is 4.81. The predicted molar refractivity (Wildman–Crippen MR) is 136 cm³/mol. The Labute approximate surface area is 219 Å². The number of fused-ring (bicyclic) bond motifs is 3. The van der Waals surface area contributed by atoms with Crippen molar-refractivity contribution in [3.8, 4) is 17.0 Å². The van der Waals surface area contributed by atoms with E-state index in [9.17, 15) is 14.0 Å². The van der Waals surface area contributed by atoms with Crippen molar-refractivity contribution in [2.24, 2.45) is 13.0 Å². The van der Waals surface area contributed by atoms with E-state index in [0.717, 1.165) is 30.7 Å². The van der Waals surface area contributed by atoms with Crippen LogP contribution in [-0.4, -0.2) is 52.8 Å². The van der Waals surface area contributed by atoms with Gasteiger partial charge >= 0.3 is 0 Å². The van der Waals surface area contributed by atoms with Crippen LogP contribution >= 0.6 is 11.6 Å². The lowest BCUT2D eigenvalue weighted by Crippen LogP contribution is -2.43. The van der Waals surface area contributed by atoms with Gasteiger partial charge in [0.2, 0.25) is 5.91 Å². The number of ether oxygens (including phenoxy) is 2. The zero-order valence-electron chi connectivity index (χ0n) is 20.5. The molecule has 37 heavy (non-hydrogen) atoms. The number of nitrogens with zero attached hydrogens (tertiary/aromatic N) is 3. The van der Waals surface area contributed by atoms with Crippen molar-refractivity contribution >= 4 is 23.4 Å². The van der Waals surface area contributed by atoms with Gasteiger partial charge in [-0.25, -0.2) is 4.39 Å². The second kappa shape index (κ2) is 10.9. The van der Waals surface area contributed by atoms with Gasteiger partial charge in [0.25, 0.3) is 5.91 Å². The highest BCUT2D eigenvalue weighted by Crippen LogP contribution is 2.40. The van der Waals surface area contributed by atoms with E-state index in [1.165, 1.54) is 11.0 Å². The maximum Gasteiger partial charge on any atom is 0.275 e. The third-order valence-corrected chi connectivity index (χ3v) is 6.93. The predicted octanol–water partition coefficient (Wildman–Crippen LogP) is 3.96. The Hall–Kier alpha value is -3.43. The Morgan fingerprint density at radius 3 is 2.89 bits per heavy atom. The third kappa shape index (κ3) is 5.47. The minimum atomic E-state index is -0.481. The van der Waals surface area contributed by atoms with E-state index in [0.29, 0.717) is 35.1 Å². The lowest BCUT2D eigenvalue weighted by molar-refractivity contribution is -0.122. The van der Waals surface area contributed by atoms with Gasteiger partial charge < -0.3 is 19.7 Å². The minimum Gasteiger partial charge on any atom is -0.488 e. The van der Waals surface area contributed by atoms with E-state index in [-0.39, 0.29) is 37.2 Å². The molecule has 1 fully saturated rings. The molecule has 1 N–H and O–H groups in total. The van der Waals surface area contributed by atoms with Gasteiger partial charge in [-0.1, -0.05) is 29.8 Å². The molecular weight excluding hydrogens is 499 g/mol. The highest BCUT2D eigenvalue weighted by molar-refractivity contribution is 6.31. The van der Waals surface area contributed by atoms with Crippen molar-refractivity contribution in [3.05, 3.63) is 70.1 Å². The van der Waals surface area contributed by atoms with E-state index in [1.807, 2.05) is 0 Å². The zero-order valence-corrected chi connectivity index (χ0v) is 21.3. The summed E-state index contributed by atoms with van der Waals surface area (Å²) in [7, 11) is 1.74. The Morgan fingerprint density at radius 1 is 1.27 bits per heavy atom. The first kappa shape index (κ1) is 25.2. The number of nitrogens with one attached hydrogen (secondary N) is 1. The summed E-state index contributed by atoms with van der Waals surface area (Å²) in [5.41, 5.74) is 2.52. The summed E-state index contributed by atoms with van der Waals surface area (Å²) in [6.07, 6.45) is 1.93. The maximum atomic E-state index is 14.5. The van der Waals surface area contributed by atoms with Crippen LogP contribution in [0.4, 0.5) is 4.39 Å². The first-order chi connectivity index (χ1) is 17.9. The first-order valence-electron chi connectivity index (χ1n) is 12.3. The standard InChI is InChI=1S/C27H28ClFN4O4/c1-32-26-20-11-19(28)8-9-23(20)37-16-21(26)25(31-32)27(35)33(13-18-6-2-3-7-22(18)29)14-24(34)30-12-17-5-4-10-36-15-17/h2-3,6-9,11,17H,4-5,10,12-16H2,1H3,(H,30,34). The molecule has 194 valence electrons. The summed E-state index contributed by atoms with van der Waals surface area (Å²) >= 11 is 6.22. The monoisotopic (exact) mass is 526 g/mol. The highest BCUT2D eigenvalue weighted by atomic mass is 35.5. The minimum absolute atomic E-state index is 0.0832. The number of halogens is 2. The normalized spacial score (nSPS) is 16.4. The van der Waals surface area contributed by atoms with Gasteiger partial charge in [-0.2, -0.15) is 5.10 Å². The average Bonchev–Trinajstić information content (AvgIpc) is 3.25. The van der Waals surface area contributed by atoms with Gasteiger partial charge in [0, 0.05) is 48.5 Å². The number of aromatic nitrogens is 2. The van der Waals surface area contributed by atoms with E-state index in [4.69, 9.17) is 21.1 Å². The van der Waals surface area contributed by atoms with Gasteiger partial charge in [0.05, 0.1) is 12.3 Å². The number of hydrogen-bond donors (Lipinski definition) is 1. The molecule has 2 aromatic carbocycles. The van der Waals surface area contributed by atoms with Crippen molar-refractivity contribution in [2.75, 3.05) is 26.3 Å². The molecule has 0 radical (unpaired) electrons. The first-order valence-corrected chi connectivity index (χ1v) is 12.6. The van der Waals surface area contributed by atoms with Crippen molar-refractivity contribution < 1.29 is 23.5 Å². The lowest BCUT2D eigenvalue weighted by atomic mass is 10.0. The molecule has 3 aromatic rings. The van der Waals surface area contributed by atoms with Crippen molar-refractivity contribution in [1.82, 2.24) is 20.0 Å². The molecule has 1 saturated heterocycles. The largest absolute Gasteiger partial charge is 0.488 e. The zero-order chi connectivity index (χ0) is 25.9. The Balaban J connectivity index is 1.41. The lowest BCUT2D eigenvalue weighted by Gasteiger charge is -2.25. The number of rotatable bonds is 7. The van der Waals surface area contributed by atoms with Crippen molar-refractivity contribution in [1.29, 1.82) is 0 Å². The fraction of sp³-hybridized carbons (Fsp3) is 0.370. The molecule has 3 heterocycles. The van der Waals surface area contributed by atoms with Gasteiger partial charge in [-0.3, -0.25) is 14.3 Å². The van der Waals surface area contributed by atoms with Crippen LogP contribution in [0.2, 0.25) is 5.02 Å². The summed E-state index contributed by atoms with van der Waals surface area (Å²) in [5, 5.41) is 7.93. The van der Waals surface area contributed by atoms with E-state index in [2.05, 4.69) is 10.4 Å². The average molecular weight is 527 g/mol. The molecule has 1 unspecified atom stereocenters. The van der Waals surface area contributed by atoms with E-state index >= 15 is 0 Å². The molecule has 0 spiro atoms. The summed E-state index contributed by atoms with van der Waals surface area (Å²) in [5.74, 6) is -0.373. The summed E-state index contributed by atoms with van der Waals surface area (Å²) in [4.78, 5) is 28.0. The molecule has 0 bridgehead atoms. The van der Waals surface area contributed by atoms with Gasteiger partial charge in [-0.05, 0) is 43.0 Å². The Bertz CT molecular complexity index is 1320. The molecule has 8 nitrogen and oxygen atoms in total. The summed E-state index contributed by atoms with van der Waals surface area (Å²) in [6, 6.07) is 11.5. The van der Waals surface area contributed by atoms with Crippen molar-refractivity contribution in [3.63, 3.8) is 0 Å². The third-order valence-electron chi connectivity index (χ3n) is 6.70. The number of hydrogen-bond acceptors (Lipinski definition) is 5. The van der Waals surface area contributed by atoms with Crippen LogP contribution in [0, 0.1) is 11.7 Å². The number of carbonyl (C=O) groups is 2. The maximum absolute atomic E-state index is 14.5. The molecule has 10 heteroatoms. The highest BCUT2D eigenvalue weighted by Gasteiger charge is 2.32. The Kier molecular flexibility index (Phi) is 7.43. The number of carbonyl (C=O) groups excluding carboxylic acids is 2. The molecule has 0 saturated carbocycles. The molecule has 2 aliphatic heterocycles.